The van der Waals surface area contributed by atoms with Crippen molar-refractivity contribution in [3.05, 3.63) is 24.3 Å². The topological polar surface area (TPSA) is 52.6 Å². The minimum Gasteiger partial charge on any atom is -0.515 e. The van der Waals surface area contributed by atoms with E-state index in [9.17, 15) is 9.59 Å². The summed E-state index contributed by atoms with van der Waals surface area (Å²) in [6.07, 6.45) is 4.00. The number of hydrogen-bond acceptors (Lipinski definition) is 4. The zero-order valence-corrected chi connectivity index (χ0v) is 20.6. The van der Waals surface area contributed by atoms with E-state index in [0.717, 1.165) is 49.9 Å². The predicted octanol–water partition coefficient (Wildman–Crippen LogP) is 4.76. The molecule has 158 valence electrons. The minimum absolute atomic E-state index is 0.182. The Kier molecular flexibility index (Phi) is 10.2. The molecule has 0 aliphatic carbocycles. The molecule has 6 heteroatoms. The van der Waals surface area contributed by atoms with E-state index in [1.165, 1.54) is 24.2 Å². The van der Waals surface area contributed by atoms with Gasteiger partial charge < -0.3 is 8.85 Å². The molecule has 0 radical (unpaired) electrons. The van der Waals surface area contributed by atoms with Gasteiger partial charge >= 0.3 is 0 Å². The lowest BCUT2D eigenvalue weighted by Crippen LogP contribution is -2.54. The fourth-order valence-corrected chi connectivity index (χ4v) is 12.6. The zero-order valence-electron chi connectivity index (χ0n) is 18.6. The van der Waals surface area contributed by atoms with Crippen LogP contribution in [0.2, 0.25) is 24.2 Å². The second-order valence-corrected chi connectivity index (χ2v) is 15.3. The standard InChI is InChI=1S/C22H38O4Si2/c1-7-15-27(16-8-2,25-19(5)23)21-11-13-22(14-12-21)28(17-9-3,18-10-4)26-20(6)24/h11-14H,7-10,15-18H2,1-6H3. The molecule has 0 heterocycles. The van der Waals surface area contributed by atoms with Crippen molar-refractivity contribution >= 4 is 38.9 Å². The Balaban J connectivity index is 3.39. The molecule has 0 aliphatic rings. The highest BCUT2D eigenvalue weighted by atomic mass is 28.4. The second-order valence-electron chi connectivity index (χ2n) is 7.75. The summed E-state index contributed by atoms with van der Waals surface area (Å²) >= 11 is 0. The maximum atomic E-state index is 11.9. The first-order chi connectivity index (χ1) is 13.3. The highest BCUT2D eigenvalue weighted by Gasteiger charge is 2.41. The van der Waals surface area contributed by atoms with Crippen molar-refractivity contribution in [2.75, 3.05) is 0 Å². The molecule has 0 saturated carbocycles. The molecule has 0 N–H and O–H groups in total. The monoisotopic (exact) mass is 422 g/mol. The molecule has 0 saturated heterocycles. The number of benzene rings is 1. The first-order valence-electron chi connectivity index (χ1n) is 10.8. The molecule has 4 nitrogen and oxygen atoms in total. The molecule has 28 heavy (non-hydrogen) atoms. The summed E-state index contributed by atoms with van der Waals surface area (Å²) in [5.74, 6) is -0.364. The Labute approximate surface area is 173 Å². The molecule has 0 unspecified atom stereocenters. The molecule has 0 atom stereocenters. The molecule has 0 spiro atoms. The lowest BCUT2D eigenvalue weighted by Gasteiger charge is -2.33. The Morgan fingerprint density at radius 1 is 0.643 bits per heavy atom. The van der Waals surface area contributed by atoms with Crippen LogP contribution in [0.25, 0.3) is 0 Å². The largest absolute Gasteiger partial charge is 0.515 e. The Hall–Kier alpha value is -1.41. The van der Waals surface area contributed by atoms with E-state index in [1.807, 2.05) is 0 Å². The Morgan fingerprint density at radius 2 is 0.893 bits per heavy atom. The molecule has 1 aromatic rings. The zero-order chi connectivity index (χ0) is 21.2. The lowest BCUT2D eigenvalue weighted by molar-refractivity contribution is -0.133. The van der Waals surface area contributed by atoms with E-state index in [-0.39, 0.29) is 11.9 Å². The summed E-state index contributed by atoms with van der Waals surface area (Å²) in [5, 5.41) is 2.35. The van der Waals surface area contributed by atoms with Crippen molar-refractivity contribution in [3.63, 3.8) is 0 Å². The van der Waals surface area contributed by atoms with Crippen LogP contribution in [0.3, 0.4) is 0 Å². The molecule has 0 amide bonds. The van der Waals surface area contributed by atoms with Gasteiger partial charge in [0.1, 0.15) is 0 Å². The van der Waals surface area contributed by atoms with Crippen molar-refractivity contribution in [2.24, 2.45) is 0 Å². The molecule has 0 aromatic heterocycles. The molecular formula is C22H38O4Si2. The third-order valence-corrected chi connectivity index (χ3v) is 14.6. The van der Waals surface area contributed by atoms with Crippen LogP contribution in [-0.2, 0) is 18.4 Å². The van der Waals surface area contributed by atoms with E-state index < -0.39 is 16.6 Å². The van der Waals surface area contributed by atoms with Gasteiger partial charge in [0.05, 0.1) is 0 Å². The first-order valence-corrected chi connectivity index (χ1v) is 15.4. The Morgan fingerprint density at radius 3 is 1.07 bits per heavy atom. The number of rotatable bonds is 12. The summed E-state index contributed by atoms with van der Waals surface area (Å²) in [7, 11) is -4.66. The van der Waals surface area contributed by atoms with Crippen LogP contribution in [0.1, 0.15) is 67.2 Å². The summed E-state index contributed by atoms with van der Waals surface area (Å²) in [6, 6.07) is 12.3. The maximum Gasteiger partial charge on any atom is 0.289 e. The van der Waals surface area contributed by atoms with Gasteiger partial charge in [0.15, 0.2) is 0 Å². The SMILES string of the molecule is CCC[Si](CCC)(OC(C)=O)c1ccc([Si](CCC)(CCC)OC(C)=O)cc1. The third kappa shape index (κ3) is 6.31. The third-order valence-electron chi connectivity index (χ3n) is 5.23. The minimum atomic E-state index is -2.33. The summed E-state index contributed by atoms with van der Waals surface area (Å²) in [6.45, 7) is 11.6. The van der Waals surface area contributed by atoms with Gasteiger partial charge in [0.25, 0.3) is 28.6 Å². The number of carbonyl (C=O) groups excluding carboxylic acids is 2. The fraction of sp³-hybridized carbons (Fsp3) is 0.636. The molecular weight excluding hydrogens is 384 g/mol. The highest BCUT2D eigenvalue weighted by Crippen LogP contribution is 2.24. The molecule has 0 bridgehead atoms. The van der Waals surface area contributed by atoms with Crippen LogP contribution in [0.15, 0.2) is 24.3 Å². The smallest absolute Gasteiger partial charge is 0.289 e. The van der Waals surface area contributed by atoms with Gasteiger partial charge in [-0.25, -0.2) is 0 Å². The van der Waals surface area contributed by atoms with Crippen LogP contribution >= 0.6 is 0 Å². The average molecular weight is 423 g/mol. The van der Waals surface area contributed by atoms with Gasteiger partial charge in [0, 0.05) is 13.8 Å². The number of carbonyl (C=O) groups is 2. The summed E-state index contributed by atoms with van der Waals surface area (Å²) in [4.78, 5) is 23.7. The van der Waals surface area contributed by atoms with E-state index in [2.05, 4.69) is 52.0 Å². The van der Waals surface area contributed by atoms with Gasteiger partial charge in [-0.3, -0.25) is 9.59 Å². The van der Waals surface area contributed by atoms with E-state index in [4.69, 9.17) is 8.85 Å². The normalized spacial score (nSPS) is 11.9. The molecule has 1 rings (SSSR count). The molecule has 1 aromatic carbocycles. The van der Waals surface area contributed by atoms with Crippen molar-refractivity contribution < 1.29 is 18.4 Å². The maximum absolute atomic E-state index is 11.9. The molecule has 0 aliphatic heterocycles. The van der Waals surface area contributed by atoms with Crippen molar-refractivity contribution in [3.8, 4) is 0 Å². The Bertz CT molecular complexity index is 561. The van der Waals surface area contributed by atoms with E-state index in [1.54, 1.807) is 0 Å². The van der Waals surface area contributed by atoms with Crippen LogP contribution in [-0.4, -0.2) is 28.6 Å². The quantitative estimate of drug-likeness (QED) is 0.456. The van der Waals surface area contributed by atoms with Gasteiger partial charge in [-0.1, -0.05) is 77.6 Å². The number of hydrogen-bond donors (Lipinski definition) is 0. The fourth-order valence-electron chi connectivity index (χ4n) is 4.39. The predicted molar refractivity (Wildman–Crippen MR) is 121 cm³/mol. The van der Waals surface area contributed by atoms with Gasteiger partial charge in [-0.2, -0.15) is 0 Å². The van der Waals surface area contributed by atoms with Crippen LogP contribution in [0, 0.1) is 0 Å². The van der Waals surface area contributed by atoms with E-state index in [0.29, 0.717) is 0 Å². The van der Waals surface area contributed by atoms with Crippen molar-refractivity contribution in [1.82, 2.24) is 0 Å². The van der Waals surface area contributed by atoms with Crippen LogP contribution in [0.4, 0.5) is 0 Å². The van der Waals surface area contributed by atoms with Gasteiger partial charge in [0.2, 0.25) is 0 Å². The molecule has 0 fully saturated rings. The summed E-state index contributed by atoms with van der Waals surface area (Å²) < 4.78 is 12.0. The van der Waals surface area contributed by atoms with Crippen molar-refractivity contribution in [1.29, 1.82) is 0 Å². The van der Waals surface area contributed by atoms with Crippen LogP contribution in [0.5, 0.6) is 0 Å². The summed E-state index contributed by atoms with van der Waals surface area (Å²) in [5.41, 5.74) is 0. The van der Waals surface area contributed by atoms with Crippen molar-refractivity contribution in [2.45, 2.75) is 91.4 Å². The second kappa shape index (κ2) is 11.6. The van der Waals surface area contributed by atoms with Gasteiger partial charge in [-0.05, 0) is 34.5 Å². The first kappa shape index (κ1) is 24.6. The average Bonchev–Trinajstić information content (AvgIpc) is 2.61. The van der Waals surface area contributed by atoms with Gasteiger partial charge in [-0.15, -0.1) is 0 Å². The lowest BCUT2D eigenvalue weighted by atomic mass is 10.4. The van der Waals surface area contributed by atoms with E-state index >= 15 is 0 Å². The highest BCUT2D eigenvalue weighted by molar-refractivity contribution is 6.89. The van der Waals surface area contributed by atoms with Crippen LogP contribution < -0.4 is 10.4 Å².